The molecule has 2 heteroatoms. The van der Waals surface area contributed by atoms with Crippen LogP contribution in [0.25, 0.3) is 0 Å². The molecule has 1 aliphatic heterocycles. The molecule has 1 heterocycles. The molecule has 0 saturated heterocycles. The summed E-state index contributed by atoms with van der Waals surface area (Å²) in [5.41, 5.74) is 5.67. The molecule has 1 aromatic rings. The molecule has 0 N–H and O–H groups in total. The van der Waals surface area contributed by atoms with Crippen LogP contribution >= 0.6 is 0 Å². The Hall–Kier alpha value is -1.83. The number of carbonyl (C=O) groups excluding carboxylic acids is 1. The molecule has 1 atom stereocenters. The van der Waals surface area contributed by atoms with Crippen molar-refractivity contribution < 1.29 is 4.79 Å². The molecule has 2 aliphatic carbocycles. The number of allylic oxidation sites excluding steroid dienone is 4. The molecule has 1 unspecified atom stereocenters. The van der Waals surface area contributed by atoms with E-state index in [1.807, 2.05) is 6.08 Å². The summed E-state index contributed by atoms with van der Waals surface area (Å²) in [6.45, 7) is 2.13. The maximum absolute atomic E-state index is 11.6. The van der Waals surface area contributed by atoms with Crippen LogP contribution in [0.3, 0.4) is 0 Å². The van der Waals surface area contributed by atoms with Crippen molar-refractivity contribution in [2.24, 2.45) is 5.92 Å². The second kappa shape index (κ2) is 5.18. The second-order valence-corrected chi connectivity index (χ2v) is 6.46. The van der Waals surface area contributed by atoms with Gasteiger partial charge >= 0.3 is 0 Å². The number of benzene rings is 1. The molecule has 0 radical (unpaired) electrons. The van der Waals surface area contributed by atoms with E-state index in [1.54, 1.807) is 0 Å². The van der Waals surface area contributed by atoms with Gasteiger partial charge in [0.05, 0.1) is 0 Å². The molecule has 0 bridgehead atoms. The Morgan fingerprint density at radius 3 is 2.67 bits per heavy atom. The van der Waals surface area contributed by atoms with Crippen LogP contribution in [0.4, 0.5) is 0 Å². The van der Waals surface area contributed by atoms with Gasteiger partial charge in [0, 0.05) is 25.2 Å². The van der Waals surface area contributed by atoms with Crippen molar-refractivity contribution in [1.29, 1.82) is 0 Å². The monoisotopic (exact) mass is 279 g/mol. The smallest absolute Gasteiger partial charge is 0.155 e. The lowest BCUT2D eigenvalue weighted by Crippen LogP contribution is -2.32. The fourth-order valence-electron chi connectivity index (χ4n) is 3.91. The summed E-state index contributed by atoms with van der Waals surface area (Å²) >= 11 is 0. The average Bonchev–Trinajstić information content (AvgIpc) is 2.53. The van der Waals surface area contributed by atoms with Crippen LogP contribution in [-0.2, 0) is 17.8 Å². The molecule has 0 spiro atoms. The highest BCUT2D eigenvalue weighted by molar-refractivity contribution is 5.91. The summed E-state index contributed by atoms with van der Waals surface area (Å²) in [5.74, 6) is 0.936. The number of ketones is 1. The topological polar surface area (TPSA) is 20.3 Å². The largest absolute Gasteiger partial charge is 0.370 e. The number of hydrogen-bond acceptors (Lipinski definition) is 2. The number of nitrogens with zero attached hydrogens (tertiary/aromatic N) is 1. The molecule has 3 aliphatic rings. The molecule has 21 heavy (non-hydrogen) atoms. The zero-order valence-electron chi connectivity index (χ0n) is 12.3. The standard InChI is InChI=1S/C19H21NO/c21-19-8-6-15-5-7-18(11-17(15)12-19)20-10-9-14-3-1-2-4-16(14)13-20/h1-4,11-12,15H,5-10,13H2. The molecule has 0 saturated carbocycles. The van der Waals surface area contributed by atoms with Gasteiger partial charge in [0.2, 0.25) is 0 Å². The third-order valence-electron chi connectivity index (χ3n) is 5.16. The zero-order valence-corrected chi connectivity index (χ0v) is 12.3. The van der Waals surface area contributed by atoms with Gasteiger partial charge in [-0.05, 0) is 60.5 Å². The number of carbonyl (C=O) groups is 1. The third-order valence-corrected chi connectivity index (χ3v) is 5.16. The summed E-state index contributed by atoms with van der Waals surface area (Å²) in [4.78, 5) is 14.2. The Kier molecular flexibility index (Phi) is 3.17. The van der Waals surface area contributed by atoms with Crippen molar-refractivity contribution in [3.63, 3.8) is 0 Å². The first-order valence-corrected chi connectivity index (χ1v) is 8.06. The second-order valence-electron chi connectivity index (χ2n) is 6.46. The Balaban J connectivity index is 1.59. The van der Waals surface area contributed by atoms with Crippen LogP contribution in [0.1, 0.15) is 36.8 Å². The average molecular weight is 279 g/mol. The van der Waals surface area contributed by atoms with E-state index in [1.165, 1.54) is 35.2 Å². The maximum atomic E-state index is 11.6. The first-order valence-electron chi connectivity index (χ1n) is 8.06. The minimum absolute atomic E-state index is 0.308. The number of fused-ring (bicyclic) bond motifs is 2. The molecule has 4 rings (SSSR count). The van der Waals surface area contributed by atoms with Crippen molar-refractivity contribution in [3.8, 4) is 0 Å². The van der Waals surface area contributed by atoms with Gasteiger partial charge in [0.15, 0.2) is 5.78 Å². The summed E-state index contributed by atoms with van der Waals surface area (Å²) in [6, 6.07) is 8.77. The van der Waals surface area contributed by atoms with E-state index in [0.29, 0.717) is 11.7 Å². The first-order chi connectivity index (χ1) is 10.3. The molecule has 108 valence electrons. The lowest BCUT2D eigenvalue weighted by atomic mass is 9.79. The molecule has 2 nitrogen and oxygen atoms in total. The highest BCUT2D eigenvalue weighted by Crippen LogP contribution is 2.36. The van der Waals surface area contributed by atoms with Crippen LogP contribution < -0.4 is 0 Å². The van der Waals surface area contributed by atoms with Crippen molar-refractivity contribution in [2.75, 3.05) is 6.54 Å². The van der Waals surface area contributed by atoms with E-state index in [4.69, 9.17) is 0 Å². The third kappa shape index (κ3) is 2.44. The van der Waals surface area contributed by atoms with Crippen LogP contribution in [0.5, 0.6) is 0 Å². The minimum Gasteiger partial charge on any atom is -0.370 e. The van der Waals surface area contributed by atoms with Crippen LogP contribution in [0, 0.1) is 5.92 Å². The highest BCUT2D eigenvalue weighted by Gasteiger charge is 2.27. The molecule has 1 aromatic carbocycles. The van der Waals surface area contributed by atoms with Crippen molar-refractivity contribution in [3.05, 3.63) is 58.8 Å². The van der Waals surface area contributed by atoms with Crippen molar-refractivity contribution >= 4 is 5.78 Å². The Morgan fingerprint density at radius 2 is 1.76 bits per heavy atom. The normalized spacial score (nSPS) is 24.9. The predicted octanol–water partition coefficient (Wildman–Crippen LogP) is 3.63. The maximum Gasteiger partial charge on any atom is 0.155 e. The van der Waals surface area contributed by atoms with Gasteiger partial charge in [-0.15, -0.1) is 0 Å². The Morgan fingerprint density at radius 1 is 0.952 bits per heavy atom. The SMILES string of the molecule is O=C1C=C2C=C(N3CCc4ccccc4C3)CCC2CC1. The van der Waals surface area contributed by atoms with Crippen molar-refractivity contribution in [1.82, 2.24) is 4.90 Å². The van der Waals surface area contributed by atoms with Gasteiger partial charge in [0.25, 0.3) is 0 Å². The van der Waals surface area contributed by atoms with Crippen molar-refractivity contribution in [2.45, 2.75) is 38.6 Å². The van der Waals surface area contributed by atoms with Gasteiger partial charge in [-0.3, -0.25) is 4.79 Å². The van der Waals surface area contributed by atoms with E-state index >= 15 is 0 Å². The summed E-state index contributed by atoms with van der Waals surface area (Å²) in [5, 5.41) is 0. The summed E-state index contributed by atoms with van der Waals surface area (Å²) in [7, 11) is 0. The molecule has 0 amide bonds. The van der Waals surface area contributed by atoms with Crippen LogP contribution in [0.2, 0.25) is 0 Å². The van der Waals surface area contributed by atoms with E-state index in [-0.39, 0.29) is 0 Å². The van der Waals surface area contributed by atoms with Gasteiger partial charge in [0.1, 0.15) is 0 Å². The van der Waals surface area contributed by atoms with Gasteiger partial charge in [-0.2, -0.15) is 0 Å². The minimum atomic E-state index is 0.308. The van der Waals surface area contributed by atoms with Gasteiger partial charge < -0.3 is 4.90 Å². The number of rotatable bonds is 1. The lowest BCUT2D eigenvalue weighted by Gasteiger charge is -2.36. The summed E-state index contributed by atoms with van der Waals surface area (Å²) < 4.78 is 0. The Bertz CT molecular complexity index is 641. The molecule has 0 fully saturated rings. The fourth-order valence-corrected chi connectivity index (χ4v) is 3.91. The van der Waals surface area contributed by atoms with Crippen LogP contribution in [-0.4, -0.2) is 17.2 Å². The summed E-state index contributed by atoms with van der Waals surface area (Å²) in [6.07, 6.45) is 9.51. The molecular formula is C19H21NO. The zero-order chi connectivity index (χ0) is 14.2. The van der Waals surface area contributed by atoms with E-state index in [2.05, 4.69) is 35.2 Å². The fraction of sp³-hybridized carbons (Fsp3) is 0.421. The van der Waals surface area contributed by atoms with Gasteiger partial charge in [-0.1, -0.05) is 24.3 Å². The van der Waals surface area contributed by atoms with Gasteiger partial charge in [-0.25, -0.2) is 0 Å². The molecule has 0 aromatic heterocycles. The quantitative estimate of drug-likeness (QED) is 0.782. The highest BCUT2D eigenvalue weighted by atomic mass is 16.1. The van der Waals surface area contributed by atoms with E-state index < -0.39 is 0 Å². The Labute approximate surface area is 126 Å². The van der Waals surface area contributed by atoms with E-state index in [9.17, 15) is 4.79 Å². The number of hydrogen-bond donors (Lipinski definition) is 0. The predicted molar refractivity (Wildman–Crippen MR) is 83.7 cm³/mol. The molecular weight excluding hydrogens is 258 g/mol. The van der Waals surface area contributed by atoms with Crippen LogP contribution in [0.15, 0.2) is 47.7 Å². The lowest BCUT2D eigenvalue weighted by molar-refractivity contribution is -0.115. The van der Waals surface area contributed by atoms with E-state index in [0.717, 1.165) is 32.4 Å². The first kappa shape index (κ1) is 12.9.